The van der Waals surface area contributed by atoms with Crippen LogP contribution in [0.15, 0.2) is 36.5 Å². The average molecular weight is 448 g/mol. The molecule has 0 aliphatic heterocycles. The van der Waals surface area contributed by atoms with Crippen LogP contribution in [0.1, 0.15) is 48.7 Å². The Labute approximate surface area is 184 Å². The van der Waals surface area contributed by atoms with Crippen molar-refractivity contribution in [1.82, 2.24) is 15.0 Å². The minimum absolute atomic E-state index is 0.0532. The number of aromatic nitrogens is 3. The van der Waals surface area contributed by atoms with Crippen LogP contribution in [-0.4, -0.2) is 28.0 Å². The van der Waals surface area contributed by atoms with Crippen LogP contribution < -0.4 is 9.47 Å². The van der Waals surface area contributed by atoms with Crippen molar-refractivity contribution in [3.8, 4) is 22.8 Å². The van der Waals surface area contributed by atoms with Gasteiger partial charge in [0, 0.05) is 47.8 Å². The number of methoxy groups -OCH3 is 1. The summed E-state index contributed by atoms with van der Waals surface area (Å²) in [6.07, 6.45) is 2.30. The molecule has 0 radical (unpaired) electrons. The predicted molar refractivity (Wildman–Crippen MR) is 115 cm³/mol. The highest BCUT2D eigenvalue weighted by molar-refractivity contribution is 6.32. The van der Waals surface area contributed by atoms with Gasteiger partial charge in [0.1, 0.15) is 34.8 Å². The van der Waals surface area contributed by atoms with Gasteiger partial charge in [0.15, 0.2) is 0 Å². The van der Waals surface area contributed by atoms with Crippen molar-refractivity contribution in [3.63, 3.8) is 0 Å². The fourth-order valence-corrected chi connectivity index (χ4v) is 4.00. The second-order valence-electron chi connectivity index (χ2n) is 7.87. The molecule has 0 spiro atoms. The van der Waals surface area contributed by atoms with Crippen molar-refractivity contribution in [3.05, 3.63) is 58.8 Å². The van der Waals surface area contributed by atoms with E-state index in [1.807, 2.05) is 31.2 Å². The molecule has 1 aliphatic rings. The third-order valence-electron chi connectivity index (χ3n) is 5.59. The third kappa shape index (κ3) is 4.98. The number of rotatable bonds is 6. The lowest BCUT2D eigenvalue weighted by molar-refractivity contribution is -0.0387. The maximum atomic E-state index is 13.5. The first-order valence-corrected chi connectivity index (χ1v) is 10.6. The molecule has 0 amide bonds. The molecule has 0 atom stereocenters. The maximum absolute atomic E-state index is 13.5. The Morgan fingerprint density at radius 1 is 1.19 bits per heavy atom. The van der Waals surface area contributed by atoms with Crippen LogP contribution in [0.25, 0.3) is 11.3 Å². The largest absolute Gasteiger partial charge is 0.496 e. The molecule has 1 aliphatic carbocycles. The van der Waals surface area contributed by atoms with Gasteiger partial charge in [0.05, 0.1) is 7.11 Å². The van der Waals surface area contributed by atoms with Gasteiger partial charge in [-0.3, -0.25) is 4.98 Å². The summed E-state index contributed by atoms with van der Waals surface area (Å²) in [5.41, 5.74) is 3.17. The first kappa shape index (κ1) is 21.6. The van der Waals surface area contributed by atoms with E-state index < -0.39 is 5.92 Å². The summed E-state index contributed by atoms with van der Waals surface area (Å²) in [7, 11) is 1.57. The number of nitrogens with zero attached hydrogens (tertiary/aromatic N) is 2. The number of pyridine rings is 1. The summed E-state index contributed by atoms with van der Waals surface area (Å²) in [4.78, 5) is 12.0. The molecule has 31 heavy (non-hydrogen) atoms. The number of H-pyrrole nitrogens is 1. The highest BCUT2D eigenvalue weighted by atomic mass is 35.5. The molecular weight excluding hydrogens is 424 g/mol. The van der Waals surface area contributed by atoms with Crippen LogP contribution in [0.3, 0.4) is 0 Å². The molecule has 5 nitrogen and oxygen atoms in total. The fourth-order valence-electron chi connectivity index (χ4n) is 3.76. The van der Waals surface area contributed by atoms with Gasteiger partial charge < -0.3 is 14.5 Å². The highest BCUT2D eigenvalue weighted by Gasteiger charge is 2.36. The van der Waals surface area contributed by atoms with Crippen LogP contribution in [0.4, 0.5) is 8.78 Å². The molecule has 0 unspecified atom stereocenters. The smallest absolute Gasteiger partial charge is 0.248 e. The van der Waals surface area contributed by atoms with Gasteiger partial charge in [-0.1, -0.05) is 17.7 Å². The second-order valence-corrected chi connectivity index (χ2v) is 8.25. The van der Waals surface area contributed by atoms with Gasteiger partial charge >= 0.3 is 0 Å². The van der Waals surface area contributed by atoms with E-state index in [4.69, 9.17) is 21.1 Å². The van der Waals surface area contributed by atoms with Gasteiger partial charge in [-0.15, -0.1) is 0 Å². The molecule has 1 saturated carbocycles. The molecule has 8 heteroatoms. The van der Waals surface area contributed by atoms with Crippen LogP contribution >= 0.6 is 11.6 Å². The van der Waals surface area contributed by atoms with E-state index in [1.54, 1.807) is 19.4 Å². The topological polar surface area (TPSA) is 60.0 Å². The zero-order valence-corrected chi connectivity index (χ0v) is 18.2. The van der Waals surface area contributed by atoms with E-state index in [0.29, 0.717) is 53.2 Å². The Balaban J connectivity index is 1.51. The molecule has 3 aromatic rings. The summed E-state index contributed by atoms with van der Waals surface area (Å²) in [5.74, 6) is -0.784. The van der Waals surface area contributed by atoms with E-state index in [0.717, 1.165) is 11.3 Å². The van der Waals surface area contributed by atoms with Crippen molar-refractivity contribution >= 4 is 11.6 Å². The Morgan fingerprint density at radius 2 is 1.97 bits per heavy atom. The summed E-state index contributed by atoms with van der Waals surface area (Å²) < 4.78 is 38.4. The predicted octanol–water partition coefficient (Wildman–Crippen LogP) is 6.31. The molecule has 1 aromatic carbocycles. The van der Waals surface area contributed by atoms with E-state index in [1.165, 1.54) is 0 Å². The van der Waals surface area contributed by atoms with Crippen LogP contribution in [-0.2, 0) is 6.61 Å². The number of halogens is 3. The zero-order chi connectivity index (χ0) is 22.0. The van der Waals surface area contributed by atoms with E-state index >= 15 is 0 Å². The summed E-state index contributed by atoms with van der Waals surface area (Å²) in [6.45, 7) is 2.32. The molecule has 1 N–H and O–H groups in total. The van der Waals surface area contributed by atoms with Gasteiger partial charge in [-0.2, -0.15) is 0 Å². The number of imidazole rings is 1. The number of nitrogens with one attached hydrogen (secondary N) is 1. The van der Waals surface area contributed by atoms with Crippen LogP contribution in [0.2, 0.25) is 5.15 Å². The van der Waals surface area contributed by atoms with Crippen molar-refractivity contribution < 1.29 is 18.3 Å². The minimum Gasteiger partial charge on any atom is -0.496 e. The van der Waals surface area contributed by atoms with Gasteiger partial charge in [-0.25, -0.2) is 13.8 Å². The first-order chi connectivity index (χ1) is 14.8. The molecule has 2 heterocycles. The number of hydrogen-bond donors (Lipinski definition) is 1. The fraction of sp³-hybridized carbons (Fsp3) is 0.391. The quantitative estimate of drug-likeness (QED) is 0.480. The van der Waals surface area contributed by atoms with Crippen LogP contribution in [0, 0.1) is 6.92 Å². The highest BCUT2D eigenvalue weighted by Crippen LogP contribution is 2.42. The Morgan fingerprint density at radius 3 is 2.65 bits per heavy atom. The number of aromatic amines is 1. The SMILES string of the molecule is COc1cc(OCc2ccc(C)nc2)ccc1-c1nc(C2CCC(F)(F)CC2)[nH]c1Cl. The zero-order valence-electron chi connectivity index (χ0n) is 17.4. The van der Waals surface area contributed by atoms with E-state index in [2.05, 4.69) is 15.0 Å². The number of alkyl halides is 2. The number of aryl methyl sites for hydroxylation is 1. The Kier molecular flexibility index (Phi) is 6.14. The molecular formula is C23H24ClF2N3O2. The lowest BCUT2D eigenvalue weighted by Crippen LogP contribution is -2.24. The van der Waals surface area contributed by atoms with Crippen LogP contribution in [0.5, 0.6) is 11.5 Å². The lowest BCUT2D eigenvalue weighted by Gasteiger charge is -2.26. The van der Waals surface area contributed by atoms with Gasteiger partial charge in [-0.05, 0) is 38.0 Å². The average Bonchev–Trinajstić information content (AvgIpc) is 3.14. The van der Waals surface area contributed by atoms with Crippen molar-refractivity contribution in [1.29, 1.82) is 0 Å². The van der Waals surface area contributed by atoms with Crippen molar-refractivity contribution in [2.45, 2.75) is 51.1 Å². The maximum Gasteiger partial charge on any atom is 0.248 e. The Hall–Kier alpha value is -2.67. The first-order valence-electron chi connectivity index (χ1n) is 10.2. The molecule has 0 saturated heterocycles. The number of hydrogen-bond acceptors (Lipinski definition) is 4. The summed E-state index contributed by atoms with van der Waals surface area (Å²) >= 11 is 6.42. The standard InChI is InChI=1S/C23H24ClF2N3O2/c1-14-3-4-15(12-27-14)13-31-17-5-6-18(19(11-17)30-2)20-21(24)29-22(28-20)16-7-9-23(25,26)10-8-16/h3-6,11-12,16H,7-10,13H2,1-2H3,(H,28,29). The number of ether oxygens (including phenoxy) is 2. The molecule has 1 fully saturated rings. The van der Waals surface area contributed by atoms with Crippen molar-refractivity contribution in [2.75, 3.05) is 7.11 Å². The Bertz CT molecular complexity index is 1040. The van der Waals surface area contributed by atoms with E-state index in [9.17, 15) is 8.78 Å². The number of benzene rings is 1. The molecule has 0 bridgehead atoms. The lowest BCUT2D eigenvalue weighted by atomic mass is 9.86. The molecule has 4 rings (SSSR count). The second kappa shape index (κ2) is 8.83. The normalized spacial score (nSPS) is 16.3. The monoisotopic (exact) mass is 447 g/mol. The van der Waals surface area contributed by atoms with Gasteiger partial charge in [0.25, 0.3) is 0 Å². The van der Waals surface area contributed by atoms with E-state index in [-0.39, 0.29) is 18.8 Å². The summed E-state index contributed by atoms with van der Waals surface area (Å²) in [5, 5.41) is 0.366. The van der Waals surface area contributed by atoms with Crippen molar-refractivity contribution in [2.24, 2.45) is 0 Å². The molecule has 2 aromatic heterocycles. The minimum atomic E-state index is -2.58. The summed E-state index contributed by atoms with van der Waals surface area (Å²) in [6, 6.07) is 9.35. The third-order valence-corrected chi connectivity index (χ3v) is 5.86. The van der Waals surface area contributed by atoms with Gasteiger partial charge in [0.2, 0.25) is 5.92 Å². The molecule has 164 valence electrons.